The number of fused-ring (bicyclic) bond motifs is 1. The lowest BCUT2D eigenvalue weighted by Crippen LogP contribution is -2.45. The van der Waals surface area contributed by atoms with Crippen molar-refractivity contribution in [3.8, 4) is 0 Å². The van der Waals surface area contributed by atoms with E-state index in [1.807, 2.05) is 0 Å². The third kappa shape index (κ3) is 4.04. The molecule has 4 rings (SSSR count). The van der Waals surface area contributed by atoms with E-state index in [0.29, 0.717) is 10.7 Å². The molecule has 0 radical (unpaired) electrons. The molecule has 13 heteroatoms. The van der Waals surface area contributed by atoms with Gasteiger partial charge in [0.2, 0.25) is 5.91 Å². The highest BCUT2D eigenvalue weighted by Gasteiger charge is 2.48. The van der Waals surface area contributed by atoms with Gasteiger partial charge in [-0.25, -0.2) is 22.6 Å². The molecular formula is C18H17F6N5O2. The fourth-order valence-electron chi connectivity index (χ4n) is 3.99. The standard InChI is InChI=1S/C18H17F6N5O2/c19-10-1-2-27(7-10)16(30)14-3-9(18(22,23)24)4-15-26-28(17(31)29(14)15)8-13-12(21)5-11(20)6-25-13/h5-6,9-10,14H,1-4,7-8H2/t9?,10-,14?/m0/s1. The van der Waals surface area contributed by atoms with Crippen molar-refractivity contribution in [3.05, 3.63) is 45.9 Å². The van der Waals surface area contributed by atoms with Gasteiger partial charge in [-0.15, -0.1) is 0 Å². The first-order valence-electron chi connectivity index (χ1n) is 9.52. The number of amides is 1. The molecule has 3 atom stereocenters. The molecular weight excluding hydrogens is 432 g/mol. The zero-order valence-electron chi connectivity index (χ0n) is 15.9. The van der Waals surface area contributed by atoms with Crippen LogP contribution in [-0.2, 0) is 17.8 Å². The van der Waals surface area contributed by atoms with Crippen LogP contribution in [0.15, 0.2) is 17.1 Å². The van der Waals surface area contributed by atoms with Crippen molar-refractivity contribution in [3.63, 3.8) is 0 Å². The summed E-state index contributed by atoms with van der Waals surface area (Å²) in [6.45, 7) is -0.774. The number of carbonyl (C=O) groups is 1. The van der Waals surface area contributed by atoms with Crippen LogP contribution in [0.2, 0.25) is 0 Å². The summed E-state index contributed by atoms with van der Waals surface area (Å²) < 4.78 is 82.4. The van der Waals surface area contributed by atoms with E-state index in [4.69, 9.17) is 0 Å². The van der Waals surface area contributed by atoms with Crippen LogP contribution in [0.25, 0.3) is 0 Å². The smallest absolute Gasteiger partial charge is 0.338 e. The molecule has 2 aliphatic rings. The Labute approximate surface area is 171 Å². The number of alkyl halides is 4. The van der Waals surface area contributed by atoms with E-state index in [1.165, 1.54) is 0 Å². The SMILES string of the molecule is O=C(C1CC(C(F)(F)F)Cc2nn(Cc3ncc(F)cc3F)c(=O)n21)N1CC[C@H](F)C1. The van der Waals surface area contributed by atoms with Crippen LogP contribution in [0.5, 0.6) is 0 Å². The Kier molecular flexibility index (Phi) is 5.30. The largest absolute Gasteiger partial charge is 0.392 e. The second-order valence-electron chi connectivity index (χ2n) is 7.67. The lowest BCUT2D eigenvalue weighted by Gasteiger charge is -2.32. The van der Waals surface area contributed by atoms with Gasteiger partial charge in [-0.3, -0.25) is 14.3 Å². The molecule has 0 spiro atoms. The summed E-state index contributed by atoms with van der Waals surface area (Å²) in [7, 11) is 0. The van der Waals surface area contributed by atoms with Gasteiger partial charge in [-0.1, -0.05) is 0 Å². The maximum Gasteiger partial charge on any atom is 0.392 e. The number of hydrogen-bond acceptors (Lipinski definition) is 4. The molecule has 0 saturated carbocycles. The molecule has 0 N–H and O–H groups in total. The first-order valence-corrected chi connectivity index (χ1v) is 9.52. The highest BCUT2D eigenvalue weighted by Crippen LogP contribution is 2.39. The van der Waals surface area contributed by atoms with Crippen molar-refractivity contribution in [2.45, 2.75) is 44.2 Å². The van der Waals surface area contributed by atoms with Gasteiger partial charge in [0.25, 0.3) is 0 Å². The van der Waals surface area contributed by atoms with Crippen LogP contribution >= 0.6 is 0 Å². The summed E-state index contributed by atoms with van der Waals surface area (Å²) >= 11 is 0. The number of halogens is 6. The van der Waals surface area contributed by atoms with Crippen LogP contribution in [-0.4, -0.2) is 55.6 Å². The number of carbonyl (C=O) groups excluding carboxylic acids is 1. The second kappa shape index (κ2) is 7.68. The number of hydrogen-bond donors (Lipinski definition) is 0. The summed E-state index contributed by atoms with van der Waals surface area (Å²) in [6.07, 6.45) is -6.44. The molecule has 0 aliphatic carbocycles. The Hall–Kier alpha value is -2.86. The molecule has 0 bridgehead atoms. The Bertz CT molecular complexity index is 1060. The van der Waals surface area contributed by atoms with Crippen molar-refractivity contribution < 1.29 is 31.1 Å². The van der Waals surface area contributed by atoms with Crippen LogP contribution in [0, 0.1) is 17.6 Å². The van der Waals surface area contributed by atoms with E-state index in [1.54, 1.807) is 0 Å². The Morgan fingerprint density at radius 1 is 1.26 bits per heavy atom. The van der Waals surface area contributed by atoms with Gasteiger partial charge in [0.05, 0.1) is 30.9 Å². The first-order chi connectivity index (χ1) is 14.5. The number of rotatable bonds is 3. The molecule has 2 aromatic heterocycles. The normalized spacial score (nSPS) is 23.8. The Morgan fingerprint density at radius 2 is 2.00 bits per heavy atom. The van der Waals surface area contributed by atoms with Crippen molar-refractivity contribution in [1.82, 2.24) is 24.2 Å². The fraction of sp³-hybridized carbons (Fsp3) is 0.556. The molecule has 7 nitrogen and oxygen atoms in total. The Balaban J connectivity index is 1.71. The van der Waals surface area contributed by atoms with E-state index >= 15 is 0 Å². The lowest BCUT2D eigenvalue weighted by atomic mass is 9.91. The zero-order valence-corrected chi connectivity index (χ0v) is 15.9. The third-order valence-corrected chi connectivity index (χ3v) is 5.56. The molecule has 1 saturated heterocycles. The molecule has 2 aromatic rings. The van der Waals surface area contributed by atoms with E-state index < -0.39 is 66.9 Å². The van der Waals surface area contributed by atoms with Crippen LogP contribution in [0.1, 0.15) is 30.4 Å². The molecule has 2 unspecified atom stereocenters. The van der Waals surface area contributed by atoms with E-state index in [-0.39, 0.29) is 31.0 Å². The van der Waals surface area contributed by atoms with Gasteiger partial charge in [-0.2, -0.15) is 18.3 Å². The van der Waals surface area contributed by atoms with Crippen molar-refractivity contribution in [1.29, 1.82) is 0 Å². The zero-order chi connectivity index (χ0) is 22.5. The van der Waals surface area contributed by atoms with Crippen molar-refractivity contribution in [2.24, 2.45) is 5.92 Å². The quantitative estimate of drug-likeness (QED) is 0.673. The molecule has 31 heavy (non-hydrogen) atoms. The predicted octanol–water partition coefficient (Wildman–Crippen LogP) is 2.00. The predicted molar refractivity (Wildman–Crippen MR) is 92.7 cm³/mol. The van der Waals surface area contributed by atoms with Gasteiger partial charge in [0.15, 0.2) is 0 Å². The average Bonchev–Trinajstić information content (AvgIpc) is 3.26. The number of likely N-dealkylation sites (tertiary alicyclic amines) is 1. The lowest BCUT2D eigenvalue weighted by molar-refractivity contribution is -0.183. The Morgan fingerprint density at radius 3 is 2.61 bits per heavy atom. The molecule has 1 amide bonds. The van der Waals surface area contributed by atoms with Crippen LogP contribution in [0.4, 0.5) is 26.3 Å². The van der Waals surface area contributed by atoms with Gasteiger partial charge >= 0.3 is 11.9 Å². The fourth-order valence-corrected chi connectivity index (χ4v) is 3.99. The molecule has 168 valence electrons. The molecule has 1 fully saturated rings. The second-order valence-corrected chi connectivity index (χ2v) is 7.67. The summed E-state index contributed by atoms with van der Waals surface area (Å²) in [6, 6.07) is -0.955. The van der Waals surface area contributed by atoms with E-state index in [9.17, 15) is 35.9 Å². The van der Waals surface area contributed by atoms with Gasteiger partial charge in [0, 0.05) is 19.0 Å². The number of aromatic nitrogens is 4. The number of pyridine rings is 1. The maximum absolute atomic E-state index is 13.9. The van der Waals surface area contributed by atoms with Crippen LogP contribution < -0.4 is 5.69 Å². The minimum atomic E-state index is -4.64. The summed E-state index contributed by atoms with van der Waals surface area (Å²) in [5.74, 6) is -4.98. The molecule has 4 heterocycles. The van der Waals surface area contributed by atoms with Crippen molar-refractivity contribution in [2.75, 3.05) is 13.1 Å². The van der Waals surface area contributed by atoms with Crippen molar-refractivity contribution >= 4 is 5.91 Å². The van der Waals surface area contributed by atoms with E-state index in [0.717, 1.165) is 15.7 Å². The topological polar surface area (TPSA) is 73.0 Å². The molecule has 2 aliphatic heterocycles. The van der Waals surface area contributed by atoms with E-state index in [2.05, 4.69) is 10.1 Å². The monoisotopic (exact) mass is 449 g/mol. The van der Waals surface area contributed by atoms with Gasteiger partial charge in [-0.05, 0) is 12.8 Å². The number of nitrogens with zero attached hydrogens (tertiary/aromatic N) is 5. The van der Waals surface area contributed by atoms with Gasteiger partial charge in [0.1, 0.15) is 29.7 Å². The highest BCUT2D eigenvalue weighted by molar-refractivity contribution is 5.81. The highest BCUT2D eigenvalue weighted by atomic mass is 19.4. The summed E-state index contributed by atoms with van der Waals surface area (Å²) in [5, 5.41) is 3.87. The minimum Gasteiger partial charge on any atom is -0.338 e. The summed E-state index contributed by atoms with van der Waals surface area (Å²) in [4.78, 5) is 30.4. The third-order valence-electron chi connectivity index (χ3n) is 5.56. The maximum atomic E-state index is 13.9. The molecule has 0 aromatic carbocycles. The minimum absolute atomic E-state index is 0.0378. The van der Waals surface area contributed by atoms with Crippen LogP contribution in [0.3, 0.4) is 0 Å². The average molecular weight is 449 g/mol. The first kappa shape index (κ1) is 21.4. The summed E-state index contributed by atoms with van der Waals surface area (Å²) in [5.41, 5.74) is -1.26. The van der Waals surface area contributed by atoms with Gasteiger partial charge < -0.3 is 4.90 Å².